The van der Waals surface area contributed by atoms with E-state index in [-0.39, 0.29) is 0 Å². The maximum Gasteiger partial charge on any atom is 0.205 e. The van der Waals surface area contributed by atoms with Crippen LogP contribution in [0.1, 0.15) is 19.4 Å². The molecule has 0 aromatic heterocycles. The van der Waals surface area contributed by atoms with Crippen molar-refractivity contribution in [3.05, 3.63) is 41.1 Å². The van der Waals surface area contributed by atoms with E-state index in [0.717, 1.165) is 10.3 Å². The predicted molar refractivity (Wildman–Crippen MR) is 59.6 cm³/mol. The summed E-state index contributed by atoms with van der Waals surface area (Å²) in [6.07, 6.45) is 2.65. The first-order valence-corrected chi connectivity index (χ1v) is 4.61. The zero-order chi connectivity index (χ0) is 11.3. The van der Waals surface area contributed by atoms with E-state index in [1.54, 1.807) is 13.8 Å². The first-order chi connectivity index (χ1) is 7.06. The Bertz CT molecular complexity index is 369. The van der Waals surface area contributed by atoms with E-state index in [0.29, 0.717) is 0 Å². The minimum Gasteiger partial charge on any atom is -0.623 e. The van der Waals surface area contributed by atoms with Crippen molar-refractivity contribution in [2.24, 2.45) is 5.16 Å². The highest BCUT2D eigenvalue weighted by molar-refractivity contribution is 5.77. The van der Waals surface area contributed by atoms with Gasteiger partial charge in [-0.1, -0.05) is 23.4 Å². The third-order valence-corrected chi connectivity index (χ3v) is 2.01. The van der Waals surface area contributed by atoms with E-state index in [1.807, 2.05) is 30.3 Å². The third kappa shape index (κ3) is 3.09. The minimum atomic E-state index is -0.857. The summed E-state index contributed by atoms with van der Waals surface area (Å²) in [6.45, 7) is 3.33. The first kappa shape index (κ1) is 11.2. The Balaban J connectivity index is 2.94. The molecular formula is C11H14N2O2. The number of oxime groups is 1. The van der Waals surface area contributed by atoms with Crippen LogP contribution in [0.3, 0.4) is 0 Å². The quantitative estimate of drug-likeness (QED) is 0.270. The van der Waals surface area contributed by atoms with Gasteiger partial charge >= 0.3 is 0 Å². The van der Waals surface area contributed by atoms with Crippen LogP contribution >= 0.6 is 0 Å². The van der Waals surface area contributed by atoms with E-state index in [1.165, 1.54) is 12.4 Å². The predicted octanol–water partition coefficient (Wildman–Crippen LogP) is 1.85. The van der Waals surface area contributed by atoms with E-state index >= 15 is 0 Å². The Labute approximate surface area is 88.8 Å². The van der Waals surface area contributed by atoms with E-state index in [4.69, 9.17) is 5.21 Å². The number of hydroxylamine groups is 1. The fraction of sp³-hybridized carbons (Fsp3) is 0.273. The number of hydrogen-bond donors (Lipinski definition) is 1. The average Bonchev–Trinajstić information content (AvgIpc) is 2.19. The Morgan fingerprint density at radius 1 is 1.33 bits per heavy atom. The van der Waals surface area contributed by atoms with Gasteiger partial charge in [0, 0.05) is 19.4 Å². The summed E-state index contributed by atoms with van der Waals surface area (Å²) in [5, 5.41) is 23.0. The van der Waals surface area contributed by atoms with Crippen molar-refractivity contribution in [2.45, 2.75) is 19.4 Å². The second-order valence-corrected chi connectivity index (χ2v) is 3.76. The normalized spacial score (nSPS) is 13.3. The summed E-state index contributed by atoms with van der Waals surface area (Å²) in [4.78, 5) is 0. The molecule has 0 fully saturated rings. The van der Waals surface area contributed by atoms with Gasteiger partial charge in [0.2, 0.25) is 5.54 Å². The van der Waals surface area contributed by atoms with Gasteiger partial charge in [0.1, 0.15) is 6.21 Å². The summed E-state index contributed by atoms with van der Waals surface area (Å²) in [6, 6.07) is 9.25. The summed E-state index contributed by atoms with van der Waals surface area (Å²) < 4.78 is 0.752. The van der Waals surface area contributed by atoms with Gasteiger partial charge in [-0.25, -0.2) is 4.74 Å². The molecule has 0 radical (unpaired) electrons. The zero-order valence-electron chi connectivity index (χ0n) is 8.79. The maximum atomic E-state index is 11.7. The van der Waals surface area contributed by atoms with Gasteiger partial charge in [-0.3, -0.25) is 0 Å². The summed E-state index contributed by atoms with van der Waals surface area (Å²) >= 11 is 0. The fourth-order valence-corrected chi connectivity index (χ4v) is 1.04. The Morgan fingerprint density at radius 2 is 1.93 bits per heavy atom. The highest BCUT2D eigenvalue weighted by atomic mass is 16.5. The number of benzene rings is 1. The van der Waals surface area contributed by atoms with Gasteiger partial charge < -0.3 is 10.4 Å². The van der Waals surface area contributed by atoms with Crippen LogP contribution in [0, 0.1) is 5.21 Å². The summed E-state index contributed by atoms with van der Waals surface area (Å²) in [7, 11) is 0. The maximum absolute atomic E-state index is 11.7. The molecule has 0 heterocycles. The van der Waals surface area contributed by atoms with Gasteiger partial charge in [-0.15, -0.1) is 0 Å². The van der Waals surface area contributed by atoms with Crippen LogP contribution in [0.4, 0.5) is 0 Å². The standard InChI is InChI=1S/C11H14N2O2/c1-11(2,9-12-14)13(15)8-10-6-4-3-5-7-10/h3-9,14H,1-2H3/b12-9?,13-8-. The Morgan fingerprint density at radius 3 is 2.47 bits per heavy atom. The molecule has 0 unspecified atom stereocenters. The topological polar surface area (TPSA) is 58.7 Å². The molecule has 0 aliphatic rings. The zero-order valence-corrected chi connectivity index (χ0v) is 8.79. The van der Waals surface area contributed by atoms with Gasteiger partial charge in [0.15, 0.2) is 6.21 Å². The smallest absolute Gasteiger partial charge is 0.205 e. The lowest BCUT2D eigenvalue weighted by Crippen LogP contribution is -2.35. The van der Waals surface area contributed by atoms with Crippen LogP contribution in [0.25, 0.3) is 0 Å². The Hall–Kier alpha value is -1.84. The molecule has 80 valence electrons. The van der Waals surface area contributed by atoms with E-state index < -0.39 is 5.54 Å². The lowest BCUT2D eigenvalue weighted by Gasteiger charge is -2.18. The van der Waals surface area contributed by atoms with E-state index in [2.05, 4.69) is 5.16 Å². The van der Waals surface area contributed by atoms with Crippen LogP contribution in [0.2, 0.25) is 0 Å². The molecule has 0 spiro atoms. The monoisotopic (exact) mass is 206 g/mol. The molecule has 0 bridgehead atoms. The van der Waals surface area contributed by atoms with Gasteiger partial charge in [0.25, 0.3) is 0 Å². The number of nitrogens with zero attached hydrogens (tertiary/aromatic N) is 2. The summed E-state index contributed by atoms with van der Waals surface area (Å²) in [5.41, 5.74) is -0.0446. The lowest BCUT2D eigenvalue weighted by atomic mass is 10.1. The fourth-order valence-electron chi connectivity index (χ4n) is 1.04. The van der Waals surface area contributed by atoms with Crippen molar-refractivity contribution in [3.63, 3.8) is 0 Å². The molecule has 4 nitrogen and oxygen atoms in total. The van der Waals surface area contributed by atoms with Crippen LogP contribution in [0.15, 0.2) is 35.5 Å². The minimum absolute atomic E-state index is 0.752. The molecule has 1 N–H and O–H groups in total. The molecule has 0 amide bonds. The van der Waals surface area contributed by atoms with Crippen molar-refractivity contribution < 1.29 is 9.95 Å². The van der Waals surface area contributed by atoms with Crippen molar-refractivity contribution in [1.29, 1.82) is 0 Å². The molecular weight excluding hydrogens is 192 g/mol. The second kappa shape index (κ2) is 4.59. The number of hydrogen-bond acceptors (Lipinski definition) is 3. The highest BCUT2D eigenvalue weighted by Gasteiger charge is 2.23. The first-order valence-electron chi connectivity index (χ1n) is 4.61. The highest BCUT2D eigenvalue weighted by Crippen LogP contribution is 2.05. The number of rotatable bonds is 3. The molecule has 0 atom stereocenters. The summed E-state index contributed by atoms with van der Waals surface area (Å²) in [5.74, 6) is 0. The molecule has 0 aliphatic carbocycles. The molecule has 1 rings (SSSR count). The van der Waals surface area contributed by atoms with Crippen LogP contribution in [-0.4, -0.2) is 27.9 Å². The van der Waals surface area contributed by atoms with Crippen molar-refractivity contribution in [3.8, 4) is 0 Å². The van der Waals surface area contributed by atoms with Crippen LogP contribution < -0.4 is 0 Å². The van der Waals surface area contributed by atoms with Gasteiger partial charge in [-0.2, -0.15) is 0 Å². The molecule has 0 aliphatic heterocycles. The largest absolute Gasteiger partial charge is 0.623 e. The van der Waals surface area contributed by atoms with E-state index in [9.17, 15) is 5.21 Å². The van der Waals surface area contributed by atoms with Gasteiger partial charge in [-0.05, 0) is 12.1 Å². The average molecular weight is 206 g/mol. The SMILES string of the molecule is CC(C)(C=NO)/[N+]([O-])=C/c1ccccc1. The third-order valence-electron chi connectivity index (χ3n) is 2.01. The molecule has 1 aromatic carbocycles. The van der Waals surface area contributed by atoms with Crippen molar-refractivity contribution in [1.82, 2.24) is 0 Å². The van der Waals surface area contributed by atoms with Gasteiger partial charge in [0.05, 0.1) is 0 Å². The molecule has 4 heteroatoms. The molecule has 1 aromatic rings. The van der Waals surface area contributed by atoms with Crippen LogP contribution in [-0.2, 0) is 0 Å². The Kier molecular flexibility index (Phi) is 3.44. The molecule has 15 heavy (non-hydrogen) atoms. The lowest BCUT2D eigenvalue weighted by molar-refractivity contribution is -0.511. The second-order valence-electron chi connectivity index (χ2n) is 3.76. The van der Waals surface area contributed by atoms with Crippen molar-refractivity contribution in [2.75, 3.05) is 0 Å². The molecule has 0 saturated carbocycles. The molecule has 0 saturated heterocycles. The van der Waals surface area contributed by atoms with Crippen LogP contribution in [0.5, 0.6) is 0 Å². The van der Waals surface area contributed by atoms with Crippen molar-refractivity contribution >= 4 is 12.4 Å².